The van der Waals surface area contributed by atoms with Crippen molar-refractivity contribution in [2.24, 2.45) is 0 Å². The standard InChI is InChI=1S/C85H148N4O37/c1-6-8-10-12-14-16-18-20-21-22-23-24-25-27-29-31-33-35-37-39-62(103)89-52(53(98)38-36-34-32-30-28-26-19-17-15-13-11-9-7-2)48-117-78-71(109)70(108)73(61(47-94)119-78)120-79-72(110)77(67(105)58(44-91)118-79)126-85(82(115)116)42-56(101)65(88-51(5)97)76(125-85)69(107)60(46-93)122-84(81(113)114)41-55(100)64(87-50(4)96)75(124-84)68(106)59(45-92)121-83(80(111)112)40-54(99)63(86-49(3)95)74(123-83)66(104)57(102)43-90/h20-21,36,38,52-61,63-79,90-94,98-102,104-110H,6-19,22-35,37,39-48H2,1-5H3,(H,86,95)(H,87,96)(H,88,97)(H,89,103)(H,111,112)(H,113,114)(H,115,116). The van der Waals surface area contributed by atoms with Gasteiger partial charge in [-0.25, -0.2) is 14.4 Å². The van der Waals surface area contributed by atoms with E-state index in [1.54, 1.807) is 6.08 Å². The molecular formula is C85H148N4O37. The lowest BCUT2D eigenvalue weighted by Crippen LogP contribution is -2.72. The number of unbranched alkanes of at least 4 members (excludes halogenated alkanes) is 26. The number of amides is 4. The lowest BCUT2D eigenvalue weighted by Gasteiger charge is -2.51. The Bertz CT molecular complexity index is 3230. The number of ether oxygens (including phenoxy) is 10. The summed E-state index contributed by atoms with van der Waals surface area (Å²) < 4.78 is 58.2. The Kier molecular flexibility index (Phi) is 50.5. The Balaban J connectivity index is 1.33. The molecule has 24 N–H and O–H groups in total. The fourth-order valence-electron chi connectivity index (χ4n) is 16.5. The van der Waals surface area contributed by atoms with E-state index in [1.165, 1.54) is 89.5 Å². The summed E-state index contributed by atoms with van der Waals surface area (Å²) in [6, 6.07) is -7.03. The van der Waals surface area contributed by atoms with Gasteiger partial charge in [0.05, 0.1) is 88.2 Å². The van der Waals surface area contributed by atoms with Crippen molar-refractivity contribution in [1.82, 2.24) is 21.3 Å². The predicted octanol–water partition coefficient (Wildman–Crippen LogP) is -1.15. The lowest BCUT2D eigenvalue weighted by molar-refractivity contribution is -0.388. The highest BCUT2D eigenvalue weighted by Crippen LogP contribution is 2.43. The van der Waals surface area contributed by atoms with Gasteiger partial charge in [0.15, 0.2) is 12.6 Å². The van der Waals surface area contributed by atoms with Crippen molar-refractivity contribution >= 4 is 41.5 Å². The van der Waals surface area contributed by atoms with E-state index in [0.29, 0.717) is 12.8 Å². The van der Waals surface area contributed by atoms with Crippen LogP contribution in [0.1, 0.15) is 247 Å². The molecule has 0 aromatic heterocycles. The minimum atomic E-state index is -3.58. The summed E-state index contributed by atoms with van der Waals surface area (Å²) in [5.41, 5.74) is 0. The first kappa shape index (κ1) is 111. The van der Waals surface area contributed by atoms with Crippen molar-refractivity contribution < 1.29 is 183 Å². The number of rotatable bonds is 62. The van der Waals surface area contributed by atoms with Gasteiger partial charge in [-0.3, -0.25) is 19.2 Å². The molecule has 5 rings (SSSR count). The highest BCUT2D eigenvalue weighted by atomic mass is 16.8. The summed E-state index contributed by atoms with van der Waals surface area (Å²) >= 11 is 0. The van der Waals surface area contributed by atoms with Crippen LogP contribution >= 0.6 is 0 Å². The fraction of sp³-hybridized carbons (Fsp3) is 0.871. The average Bonchev–Trinajstić information content (AvgIpc) is 0.749. The Morgan fingerprint density at radius 3 is 1.19 bits per heavy atom. The Hall–Kier alpha value is -5.31. The molecule has 41 heteroatoms. The van der Waals surface area contributed by atoms with E-state index in [1.807, 2.05) is 0 Å². The van der Waals surface area contributed by atoms with Crippen LogP contribution < -0.4 is 21.3 Å². The van der Waals surface area contributed by atoms with Gasteiger partial charge in [0.1, 0.15) is 104 Å². The second-order valence-corrected chi connectivity index (χ2v) is 33.9. The minimum Gasteiger partial charge on any atom is -0.477 e. The molecule has 126 heavy (non-hydrogen) atoms. The van der Waals surface area contributed by atoms with E-state index in [4.69, 9.17) is 47.4 Å². The van der Waals surface area contributed by atoms with Crippen LogP contribution in [-0.4, -0.2) is 366 Å². The van der Waals surface area contributed by atoms with Gasteiger partial charge in [-0.2, -0.15) is 0 Å². The zero-order chi connectivity index (χ0) is 93.4. The molecule has 4 amide bonds. The molecule has 0 aromatic rings. The van der Waals surface area contributed by atoms with Crippen LogP contribution in [0, 0.1) is 0 Å². The number of hydrogen-bond donors (Lipinski definition) is 24. The average molecular weight is 1820 g/mol. The van der Waals surface area contributed by atoms with Gasteiger partial charge in [0.25, 0.3) is 17.4 Å². The van der Waals surface area contributed by atoms with Crippen LogP contribution in [-0.2, 0) is 80.9 Å². The van der Waals surface area contributed by atoms with Gasteiger partial charge in [-0.05, 0) is 44.9 Å². The molecular weight excluding hydrogens is 1670 g/mol. The number of aliphatic hydroxyl groups excluding tert-OH is 17. The molecule has 0 bridgehead atoms. The van der Waals surface area contributed by atoms with E-state index in [0.717, 1.165) is 111 Å². The summed E-state index contributed by atoms with van der Waals surface area (Å²) in [4.78, 5) is 92.2. The molecule has 41 nitrogen and oxygen atoms in total. The largest absolute Gasteiger partial charge is 0.477 e. The third-order valence-corrected chi connectivity index (χ3v) is 23.6. The molecule has 0 aromatic carbocycles. The first-order valence-corrected chi connectivity index (χ1v) is 45.0. The molecule has 0 spiro atoms. The molecule has 0 aliphatic carbocycles. The molecule has 30 unspecified atom stereocenters. The molecule has 5 aliphatic rings. The summed E-state index contributed by atoms with van der Waals surface area (Å²) in [6.07, 6.45) is -15.9. The van der Waals surface area contributed by atoms with Gasteiger partial charge in [-0.15, -0.1) is 0 Å². The Labute approximate surface area is 735 Å². The van der Waals surface area contributed by atoms with Crippen molar-refractivity contribution in [2.75, 3.05) is 39.6 Å². The third kappa shape index (κ3) is 33.8. The number of carboxylic acid groups (broad SMARTS) is 3. The molecule has 0 radical (unpaired) electrons. The number of aliphatic hydroxyl groups is 17. The normalized spacial score (nSPS) is 32.2. The van der Waals surface area contributed by atoms with Crippen LogP contribution in [0.2, 0.25) is 0 Å². The van der Waals surface area contributed by atoms with E-state index in [-0.39, 0.29) is 6.42 Å². The maximum atomic E-state index is 13.8. The monoisotopic (exact) mass is 1820 g/mol. The van der Waals surface area contributed by atoms with Crippen molar-refractivity contribution in [3.8, 4) is 0 Å². The van der Waals surface area contributed by atoms with E-state index in [9.17, 15) is 136 Å². The van der Waals surface area contributed by atoms with Gasteiger partial charge in [0.2, 0.25) is 23.6 Å². The van der Waals surface area contributed by atoms with E-state index >= 15 is 0 Å². The van der Waals surface area contributed by atoms with Crippen LogP contribution in [0.5, 0.6) is 0 Å². The van der Waals surface area contributed by atoms with Gasteiger partial charge in [0, 0.05) is 46.5 Å². The minimum absolute atomic E-state index is 0.117. The first-order valence-electron chi connectivity index (χ1n) is 45.0. The fourth-order valence-corrected chi connectivity index (χ4v) is 16.5. The number of hydrogen-bond acceptors (Lipinski definition) is 34. The number of carbonyl (C=O) groups excluding carboxylic acids is 4. The van der Waals surface area contributed by atoms with Crippen molar-refractivity contribution in [3.63, 3.8) is 0 Å². The molecule has 5 saturated heterocycles. The molecule has 5 heterocycles. The molecule has 5 aliphatic heterocycles. The summed E-state index contributed by atoms with van der Waals surface area (Å²) in [7, 11) is 0. The van der Waals surface area contributed by atoms with Gasteiger partial charge < -0.3 is 171 Å². The number of carbonyl (C=O) groups is 7. The van der Waals surface area contributed by atoms with E-state index in [2.05, 4.69) is 47.3 Å². The van der Waals surface area contributed by atoms with Crippen LogP contribution in [0.3, 0.4) is 0 Å². The highest BCUT2D eigenvalue weighted by Gasteiger charge is 2.64. The van der Waals surface area contributed by atoms with Crippen molar-refractivity contribution in [3.05, 3.63) is 24.3 Å². The molecule has 5 fully saturated rings. The number of carboxylic acids is 3. The summed E-state index contributed by atoms with van der Waals surface area (Å²) in [5.74, 6) is -20.6. The third-order valence-electron chi connectivity index (χ3n) is 23.6. The smallest absolute Gasteiger partial charge is 0.364 e. The quantitative estimate of drug-likeness (QED) is 0.0252. The Morgan fingerprint density at radius 1 is 0.429 bits per heavy atom. The van der Waals surface area contributed by atoms with Crippen LogP contribution in [0.4, 0.5) is 0 Å². The van der Waals surface area contributed by atoms with Gasteiger partial charge in [-0.1, -0.05) is 179 Å². The number of nitrogens with one attached hydrogen (secondary N) is 4. The number of aliphatic carboxylic acids is 3. The molecule has 730 valence electrons. The molecule has 0 saturated carbocycles. The summed E-state index contributed by atoms with van der Waals surface area (Å²) in [6.45, 7) is -0.0790. The Morgan fingerprint density at radius 2 is 0.802 bits per heavy atom. The zero-order valence-electron chi connectivity index (χ0n) is 73.4. The van der Waals surface area contributed by atoms with E-state index < -0.39 is 283 Å². The zero-order valence-corrected chi connectivity index (χ0v) is 73.4. The summed E-state index contributed by atoms with van der Waals surface area (Å²) in [5, 5.41) is 235. The highest BCUT2D eigenvalue weighted by molar-refractivity contribution is 5.79. The first-order chi connectivity index (χ1) is 60.0. The second kappa shape index (κ2) is 57.2. The predicted molar refractivity (Wildman–Crippen MR) is 443 cm³/mol. The van der Waals surface area contributed by atoms with Crippen molar-refractivity contribution in [2.45, 2.75) is 429 Å². The van der Waals surface area contributed by atoms with Gasteiger partial charge >= 0.3 is 17.9 Å². The number of allylic oxidation sites excluding steroid dienone is 3. The maximum absolute atomic E-state index is 13.8. The maximum Gasteiger partial charge on any atom is 0.364 e. The second-order valence-electron chi connectivity index (χ2n) is 33.9. The lowest BCUT2D eigenvalue weighted by atomic mass is 9.86. The van der Waals surface area contributed by atoms with Crippen LogP contribution in [0.15, 0.2) is 24.3 Å². The SMILES string of the molecule is CCCCCCCCC=CCCCCCCCCCCCC(=O)NC(COC1OC(CO)C(OC2OC(CO)C(O)C(OC3(C(=O)O)CC(O)C(NC(C)=O)C(C(O)C(CO)OC4(C(=O)O)CC(O)C(NC(C)=O)C(C(O)C(CO)OC5(C(=O)O)CC(O)C(NC(C)=O)C(C(O)C(O)CO)O5)O4)O3)C2O)C(O)C1O)C(O)C=CCCCCCCCCCCCCC. The molecule has 30 atom stereocenters. The van der Waals surface area contributed by atoms with Crippen LogP contribution in [0.25, 0.3) is 0 Å². The topological polar surface area (TPSA) is 665 Å². The van der Waals surface area contributed by atoms with Crippen molar-refractivity contribution in [1.29, 1.82) is 0 Å².